The molecule has 0 saturated carbocycles. The minimum atomic E-state index is -3.17. The number of nitrogen functional groups attached to an aromatic ring is 1. The van der Waals surface area contributed by atoms with Gasteiger partial charge in [0.25, 0.3) is 0 Å². The third kappa shape index (κ3) is 5.65. The molecule has 27 heavy (non-hydrogen) atoms. The van der Waals surface area contributed by atoms with Crippen molar-refractivity contribution in [3.05, 3.63) is 29.4 Å². The molecule has 2 rings (SSSR count). The molecule has 0 spiro atoms. The van der Waals surface area contributed by atoms with Gasteiger partial charge in [-0.2, -0.15) is 0 Å². The zero-order chi connectivity index (χ0) is 20.2. The number of hydroxylamine groups is 1. The van der Waals surface area contributed by atoms with Crippen molar-refractivity contribution in [2.45, 2.75) is 46.8 Å². The highest BCUT2D eigenvalue weighted by molar-refractivity contribution is 7.88. The maximum Gasteiger partial charge on any atom is 0.208 e. The van der Waals surface area contributed by atoms with Crippen molar-refractivity contribution >= 4 is 26.9 Å². The van der Waals surface area contributed by atoms with Gasteiger partial charge < -0.3 is 10.3 Å². The van der Waals surface area contributed by atoms with Crippen LogP contribution in [0.15, 0.2) is 12.3 Å². The number of aromatic nitrogens is 3. The van der Waals surface area contributed by atoms with Gasteiger partial charge in [-0.05, 0) is 39.2 Å². The number of allylic oxidation sites excluding steroid dienone is 1. The summed E-state index contributed by atoms with van der Waals surface area (Å²) < 4.78 is 26.9. The summed E-state index contributed by atoms with van der Waals surface area (Å²) >= 11 is 0. The Kier molecular flexibility index (Phi) is 6.79. The first-order valence-electron chi connectivity index (χ1n) is 8.70. The molecule has 2 aromatic heterocycles. The van der Waals surface area contributed by atoms with Crippen LogP contribution in [0.5, 0.6) is 0 Å². The van der Waals surface area contributed by atoms with Crippen molar-refractivity contribution < 1.29 is 13.3 Å². The molecule has 0 saturated heterocycles. The molecule has 0 fully saturated rings. The van der Waals surface area contributed by atoms with Gasteiger partial charge in [0.2, 0.25) is 10.0 Å². The Morgan fingerprint density at radius 2 is 2.00 bits per heavy atom. The van der Waals surface area contributed by atoms with Crippen molar-refractivity contribution in [3.8, 4) is 0 Å². The molecule has 0 bridgehead atoms. The Hall–Kier alpha value is -2.17. The monoisotopic (exact) mass is 396 g/mol. The number of anilines is 1. The van der Waals surface area contributed by atoms with Crippen LogP contribution in [-0.4, -0.2) is 35.8 Å². The van der Waals surface area contributed by atoms with Gasteiger partial charge in [0, 0.05) is 24.5 Å². The van der Waals surface area contributed by atoms with Crippen LogP contribution in [0.1, 0.15) is 36.8 Å². The number of sulfonamides is 1. The average Bonchev–Trinajstić information content (AvgIpc) is 2.90. The summed E-state index contributed by atoms with van der Waals surface area (Å²) in [5.74, 6) is 1.11. The van der Waals surface area contributed by atoms with Crippen LogP contribution >= 0.6 is 0 Å². The van der Waals surface area contributed by atoms with Crippen molar-refractivity contribution in [3.63, 3.8) is 0 Å². The number of pyridine rings is 1. The van der Waals surface area contributed by atoms with Crippen LogP contribution < -0.4 is 15.9 Å². The first-order chi connectivity index (χ1) is 12.6. The quantitative estimate of drug-likeness (QED) is 0.411. The zero-order valence-electron chi connectivity index (χ0n) is 16.3. The number of nitrogens with two attached hydrogens (primary N) is 1. The molecule has 10 heteroatoms. The second-order valence-corrected chi connectivity index (χ2v) is 8.46. The van der Waals surface area contributed by atoms with Gasteiger partial charge in [0.1, 0.15) is 17.9 Å². The molecule has 0 unspecified atom stereocenters. The molecule has 0 aliphatic rings. The molecular formula is C17H28N6O3S. The molecule has 0 aromatic carbocycles. The lowest BCUT2D eigenvalue weighted by Crippen LogP contribution is -2.23. The van der Waals surface area contributed by atoms with E-state index in [2.05, 4.69) is 31.3 Å². The smallest absolute Gasteiger partial charge is 0.208 e. The topological polar surface area (TPSA) is 124 Å². The van der Waals surface area contributed by atoms with E-state index in [9.17, 15) is 8.42 Å². The van der Waals surface area contributed by atoms with E-state index in [0.29, 0.717) is 36.5 Å². The van der Waals surface area contributed by atoms with Gasteiger partial charge in [-0.3, -0.25) is 10.3 Å². The molecule has 0 radical (unpaired) electrons. The highest BCUT2D eigenvalue weighted by Gasteiger charge is 2.17. The highest BCUT2D eigenvalue weighted by Crippen LogP contribution is 2.26. The predicted octanol–water partition coefficient (Wildman–Crippen LogP) is 1.51. The lowest BCUT2D eigenvalue weighted by molar-refractivity contribution is 0.0438. The predicted molar refractivity (Wildman–Crippen MR) is 106 cm³/mol. The fraction of sp³-hybridized carbons (Fsp3) is 0.529. The number of fused-ring (bicyclic) bond motifs is 1. The van der Waals surface area contributed by atoms with Crippen molar-refractivity contribution in [1.29, 1.82) is 0 Å². The van der Waals surface area contributed by atoms with E-state index in [4.69, 9.17) is 10.6 Å². The molecule has 2 heterocycles. The maximum absolute atomic E-state index is 11.2. The fourth-order valence-electron chi connectivity index (χ4n) is 2.77. The molecule has 0 aliphatic carbocycles. The number of rotatable bonds is 10. The first-order valence-corrected chi connectivity index (χ1v) is 10.6. The number of hydrogen-bond donors (Lipinski definition) is 3. The second-order valence-electron chi connectivity index (χ2n) is 6.63. The molecule has 2 aromatic rings. The van der Waals surface area contributed by atoms with E-state index in [1.165, 1.54) is 0 Å². The average molecular weight is 397 g/mol. The molecule has 4 N–H and O–H groups in total. The number of imidazole rings is 1. The highest BCUT2D eigenvalue weighted by atomic mass is 32.2. The summed E-state index contributed by atoms with van der Waals surface area (Å²) in [5.41, 5.74) is 13.0. The Labute approximate surface area is 160 Å². The minimum absolute atomic E-state index is 0.237. The number of nitrogens with one attached hydrogen (secondary N) is 2. The summed E-state index contributed by atoms with van der Waals surface area (Å²) in [6.07, 6.45) is 2.63. The van der Waals surface area contributed by atoms with E-state index in [1.807, 2.05) is 13.8 Å². The Balaban J connectivity index is 2.25. The Morgan fingerprint density at radius 3 is 2.63 bits per heavy atom. The van der Waals surface area contributed by atoms with E-state index in [0.717, 1.165) is 35.3 Å². The van der Waals surface area contributed by atoms with Crippen molar-refractivity contribution in [1.82, 2.24) is 24.7 Å². The second kappa shape index (κ2) is 8.68. The molecule has 0 atom stereocenters. The van der Waals surface area contributed by atoms with Crippen LogP contribution in [0.2, 0.25) is 0 Å². The molecule has 0 aliphatic heterocycles. The van der Waals surface area contributed by atoms with Crippen LogP contribution in [0.4, 0.5) is 5.82 Å². The van der Waals surface area contributed by atoms with Gasteiger partial charge in [-0.25, -0.2) is 23.1 Å². The van der Waals surface area contributed by atoms with Gasteiger partial charge in [0.15, 0.2) is 5.82 Å². The van der Waals surface area contributed by atoms with Gasteiger partial charge in [0.05, 0.1) is 11.8 Å². The van der Waals surface area contributed by atoms with Crippen LogP contribution in [0.25, 0.3) is 11.0 Å². The lowest BCUT2D eigenvalue weighted by Gasteiger charge is -2.12. The summed E-state index contributed by atoms with van der Waals surface area (Å²) in [7, 11) is -3.17. The molecule has 9 nitrogen and oxygen atoms in total. The molecular weight excluding hydrogens is 368 g/mol. The fourth-order valence-corrected chi connectivity index (χ4v) is 3.29. The molecule has 150 valence electrons. The number of nitrogens with zero attached hydrogens (tertiary/aromatic N) is 3. The third-order valence-electron chi connectivity index (χ3n) is 4.10. The van der Waals surface area contributed by atoms with Gasteiger partial charge in [-0.1, -0.05) is 6.58 Å². The summed E-state index contributed by atoms with van der Waals surface area (Å²) in [6, 6.07) is 0. The van der Waals surface area contributed by atoms with E-state index < -0.39 is 10.0 Å². The largest absolute Gasteiger partial charge is 0.382 e. The van der Waals surface area contributed by atoms with E-state index in [-0.39, 0.29) is 6.61 Å². The zero-order valence-corrected chi connectivity index (χ0v) is 17.1. The Morgan fingerprint density at radius 1 is 1.30 bits per heavy atom. The summed E-state index contributed by atoms with van der Waals surface area (Å²) in [6.45, 7) is 10.7. The van der Waals surface area contributed by atoms with E-state index >= 15 is 0 Å². The van der Waals surface area contributed by atoms with Crippen molar-refractivity contribution in [2.75, 3.05) is 18.5 Å². The van der Waals surface area contributed by atoms with Gasteiger partial charge in [-0.15, -0.1) is 0 Å². The van der Waals surface area contributed by atoms with Crippen molar-refractivity contribution in [2.24, 2.45) is 0 Å². The number of unbranched alkanes of at least 4 members (excludes halogenated alkanes) is 1. The normalized spacial score (nSPS) is 11.9. The molecule has 0 amide bonds. The van der Waals surface area contributed by atoms with Crippen LogP contribution in [0.3, 0.4) is 0 Å². The summed E-state index contributed by atoms with van der Waals surface area (Å²) in [4.78, 5) is 14.4. The Bertz CT molecular complexity index is 936. The number of aryl methyl sites for hydroxylation is 3. The van der Waals surface area contributed by atoms with Gasteiger partial charge >= 0.3 is 0 Å². The SMILES string of the molecule is C=C(C)NOCc1nc2c(N)nc(C)c(C)c2n1CCCCNS(C)(=O)=O. The first kappa shape index (κ1) is 21.1. The third-order valence-corrected chi connectivity index (χ3v) is 4.82. The lowest BCUT2D eigenvalue weighted by atomic mass is 10.2. The van der Waals surface area contributed by atoms with E-state index in [1.54, 1.807) is 6.92 Å². The summed E-state index contributed by atoms with van der Waals surface area (Å²) in [5, 5.41) is 0. The van der Waals surface area contributed by atoms with Crippen LogP contribution in [-0.2, 0) is 28.0 Å². The van der Waals surface area contributed by atoms with Crippen LogP contribution in [0, 0.1) is 13.8 Å². The minimum Gasteiger partial charge on any atom is -0.382 e. The number of hydrogen-bond acceptors (Lipinski definition) is 7. The standard InChI is InChI=1S/C17H28N6O3S/c1-11(2)22-26-10-14-21-15-16(12(3)13(4)20-17(15)18)23(14)9-7-6-8-19-27(5,24)25/h19,22H,1,6-10H2,2-5H3,(H2,18,20). The maximum atomic E-state index is 11.2.